The number of carbonyl (C=O) groups excluding carboxylic acids is 1. The highest BCUT2D eigenvalue weighted by Crippen LogP contribution is 1.99. The highest BCUT2D eigenvalue weighted by molar-refractivity contribution is 5.94. The van der Waals surface area contributed by atoms with Crippen LogP contribution in [0.15, 0.2) is 12.2 Å². The van der Waals surface area contributed by atoms with Gasteiger partial charge in [-0.2, -0.15) is 4.65 Å². The smallest absolute Gasteiger partial charge is 0.160 e. The summed E-state index contributed by atoms with van der Waals surface area (Å²) in [6.07, 6.45) is 0.421. The number of quaternary nitrogens is 1. The number of hydrogen-bond donors (Lipinski definition) is 0. The molecule has 0 aliphatic rings. The number of hydrogen-bond acceptors (Lipinski definition) is 2. The van der Waals surface area contributed by atoms with Crippen LogP contribution in [0.5, 0.6) is 0 Å². The molecule has 0 aliphatic heterocycles. The van der Waals surface area contributed by atoms with Crippen LogP contribution in [0.4, 0.5) is 0 Å². The molecule has 70 valence electrons. The van der Waals surface area contributed by atoms with E-state index in [1.54, 1.807) is 6.92 Å². The fourth-order valence-electron chi connectivity index (χ4n) is 0.626. The Morgan fingerprint density at radius 2 is 1.92 bits per heavy atom. The van der Waals surface area contributed by atoms with Gasteiger partial charge < -0.3 is 0 Å². The van der Waals surface area contributed by atoms with E-state index in [0.29, 0.717) is 23.2 Å². The van der Waals surface area contributed by atoms with Gasteiger partial charge in [0.25, 0.3) is 0 Å². The van der Waals surface area contributed by atoms with Crippen molar-refractivity contribution in [1.82, 2.24) is 0 Å². The molecule has 0 bridgehead atoms. The SMILES string of the molecule is C=C(C)C(=O)CCO[N+](C)(C)C. The van der Waals surface area contributed by atoms with E-state index < -0.39 is 0 Å². The molecule has 0 aromatic heterocycles. The zero-order chi connectivity index (χ0) is 9.78. The summed E-state index contributed by atoms with van der Waals surface area (Å²) in [5.41, 5.74) is 0.597. The predicted octanol–water partition coefficient (Wildman–Crippen LogP) is 1.16. The number of hydroxylamine groups is 3. The highest BCUT2D eigenvalue weighted by Gasteiger charge is 2.09. The Morgan fingerprint density at radius 1 is 1.42 bits per heavy atom. The average molecular weight is 172 g/mol. The van der Waals surface area contributed by atoms with Crippen LogP contribution in [0.3, 0.4) is 0 Å². The second kappa shape index (κ2) is 4.38. The topological polar surface area (TPSA) is 26.3 Å². The third-order valence-electron chi connectivity index (χ3n) is 1.28. The molecule has 0 aromatic carbocycles. The van der Waals surface area contributed by atoms with Gasteiger partial charge in [-0.05, 0) is 12.5 Å². The first kappa shape index (κ1) is 11.3. The number of nitrogens with zero attached hydrogens (tertiary/aromatic N) is 1. The van der Waals surface area contributed by atoms with Crippen molar-refractivity contribution in [1.29, 1.82) is 0 Å². The molecule has 0 heterocycles. The van der Waals surface area contributed by atoms with Gasteiger partial charge in [0.05, 0.1) is 21.1 Å². The molecule has 0 unspecified atom stereocenters. The predicted molar refractivity (Wildman–Crippen MR) is 48.4 cm³/mol. The maximum atomic E-state index is 11.0. The molecule has 0 atom stereocenters. The second-order valence-electron chi connectivity index (χ2n) is 3.68. The first-order chi connectivity index (χ1) is 5.33. The van der Waals surface area contributed by atoms with Gasteiger partial charge in [0, 0.05) is 6.42 Å². The normalized spacial score (nSPS) is 11.3. The van der Waals surface area contributed by atoms with Crippen LogP contribution >= 0.6 is 0 Å². The van der Waals surface area contributed by atoms with Gasteiger partial charge in [-0.25, -0.2) is 4.84 Å². The molecule has 0 saturated heterocycles. The summed E-state index contributed by atoms with van der Waals surface area (Å²) in [5.74, 6) is 0.0726. The van der Waals surface area contributed by atoms with Crippen LogP contribution in [-0.4, -0.2) is 38.2 Å². The van der Waals surface area contributed by atoms with E-state index in [4.69, 9.17) is 4.84 Å². The average Bonchev–Trinajstić information content (AvgIpc) is 1.84. The maximum absolute atomic E-state index is 11.0. The minimum absolute atomic E-state index is 0.0726. The number of rotatable bonds is 5. The molecule has 0 fully saturated rings. The zero-order valence-electron chi connectivity index (χ0n) is 8.39. The summed E-state index contributed by atoms with van der Waals surface area (Å²) in [6, 6.07) is 0. The Morgan fingerprint density at radius 3 is 2.25 bits per heavy atom. The van der Waals surface area contributed by atoms with Gasteiger partial charge in [-0.1, -0.05) is 6.58 Å². The molecule has 0 amide bonds. The monoisotopic (exact) mass is 172 g/mol. The Labute approximate surface area is 74.2 Å². The lowest BCUT2D eigenvalue weighted by molar-refractivity contribution is -1.06. The van der Waals surface area contributed by atoms with Crippen LogP contribution < -0.4 is 0 Å². The minimum Gasteiger partial charge on any atom is -0.294 e. The van der Waals surface area contributed by atoms with Gasteiger partial charge in [0.2, 0.25) is 0 Å². The molecule has 0 aliphatic carbocycles. The van der Waals surface area contributed by atoms with E-state index in [-0.39, 0.29) is 5.78 Å². The summed E-state index contributed by atoms with van der Waals surface area (Å²) in [7, 11) is 5.72. The molecule has 0 saturated carbocycles. The zero-order valence-corrected chi connectivity index (χ0v) is 8.39. The van der Waals surface area contributed by atoms with Crippen molar-refractivity contribution in [2.45, 2.75) is 13.3 Å². The summed E-state index contributed by atoms with van der Waals surface area (Å²) < 4.78 is 0.420. The fourth-order valence-corrected chi connectivity index (χ4v) is 0.626. The molecule has 3 heteroatoms. The molecule has 0 spiro atoms. The van der Waals surface area contributed by atoms with Gasteiger partial charge >= 0.3 is 0 Å². The number of allylic oxidation sites excluding steroid dienone is 1. The fraction of sp³-hybridized carbons (Fsp3) is 0.667. The Bertz CT molecular complexity index is 179. The third-order valence-corrected chi connectivity index (χ3v) is 1.28. The molecule has 0 radical (unpaired) electrons. The van der Waals surface area contributed by atoms with Gasteiger partial charge in [0.1, 0.15) is 6.61 Å². The van der Waals surface area contributed by atoms with Crippen molar-refractivity contribution in [3.63, 3.8) is 0 Å². The van der Waals surface area contributed by atoms with E-state index in [1.807, 2.05) is 21.1 Å². The Kier molecular flexibility index (Phi) is 4.13. The maximum Gasteiger partial charge on any atom is 0.160 e. The third kappa shape index (κ3) is 6.07. The van der Waals surface area contributed by atoms with Crippen molar-refractivity contribution >= 4 is 5.78 Å². The van der Waals surface area contributed by atoms with Crippen LogP contribution in [0.25, 0.3) is 0 Å². The summed E-state index contributed by atoms with van der Waals surface area (Å²) >= 11 is 0. The van der Waals surface area contributed by atoms with Crippen LogP contribution in [-0.2, 0) is 9.63 Å². The van der Waals surface area contributed by atoms with Gasteiger partial charge in [0.15, 0.2) is 5.78 Å². The first-order valence-corrected chi connectivity index (χ1v) is 3.97. The molecular weight excluding hydrogens is 154 g/mol. The minimum atomic E-state index is 0.0726. The van der Waals surface area contributed by atoms with E-state index >= 15 is 0 Å². The van der Waals surface area contributed by atoms with Crippen LogP contribution in [0, 0.1) is 0 Å². The van der Waals surface area contributed by atoms with Crippen molar-refractivity contribution in [2.24, 2.45) is 0 Å². The highest BCUT2D eigenvalue weighted by atomic mass is 16.7. The molecule has 0 aromatic rings. The van der Waals surface area contributed by atoms with Crippen molar-refractivity contribution in [3.8, 4) is 0 Å². The Hall–Kier alpha value is -0.670. The quantitative estimate of drug-likeness (QED) is 0.353. The number of carbonyl (C=O) groups is 1. The number of Topliss-reactive ketones (excluding diaryl/α,β-unsaturated/α-hetero) is 1. The van der Waals surface area contributed by atoms with E-state index in [1.165, 1.54) is 0 Å². The first-order valence-electron chi connectivity index (χ1n) is 3.97. The van der Waals surface area contributed by atoms with Crippen LogP contribution in [0.2, 0.25) is 0 Å². The summed E-state index contributed by atoms with van der Waals surface area (Å²) in [6.45, 7) is 5.73. The van der Waals surface area contributed by atoms with E-state index in [0.717, 1.165) is 0 Å². The lowest BCUT2D eigenvalue weighted by Gasteiger charge is -2.20. The van der Waals surface area contributed by atoms with Gasteiger partial charge in [-0.15, -0.1) is 0 Å². The standard InChI is InChI=1S/C9H18NO2/c1-8(2)9(11)6-7-12-10(3,4)5/h1,6-7H2,2-5H3/q+1. The van der Waals surface area contributed by atoms with Gasteiger partial charge in [-0.3, -0.25) is 4.79 Å². The molecule has 0 N–H and O–H groups in total. The second-order valence-corrected chi connectivity index (χ2v) is 3.68. The van der Waals surface area contributed by atoms with Crippen molar-refractivity contribution < 1.29 is 14.3 Å². The van der Waals surface area contributed by atoms with Crippen molar-refractivity contribution in [3.05, 3.63) is 12.2 Å². The van der Waals surface area contributed by atoms with E-state index in [2.05, 4.69) is 6.58 Å². The molecule has 12 heavy (non-hydrogen) atoms. The largest absolute Gasteiger partial charge is 0.294 e. The van der Waals surface area contributed by atoms with Crippen molar-refractivity contribution in [2.75, 3.05) is 27.7 Å². The van der Waals surface area contributed by atoms with E-state index in [9.17, 15) is 4.79 Å². The Balaban J connectivity index is 3.58. The molecule has 0 rings (SSSR count). The number of ketones is 1. The summed E-state index contributed by atoms with van der Waals surface area (Å²) in [5, 5.41) is 0. The lowest BCUT2D eigenvalue weighted by atomic mass is 10.2. The summed E-state index contributed by atoms with van der Waals surface area (Å²) in [4.78, 5) is 16.4. The lowest BCUT2D eigenvalue weighted by Crippen LogP contribution is -2.35. The van der Waals surface area contributed by atoms with Crippen LogP contribution in [0.1, 0.15) is 13.3 Å². The molecule has 3 nitrogen and oxygen atoms in total. The molecular formula is C9H18NO2+.